The van der Waals surface area contributed by atoms with Crippen molar-refractivity contribution in [1.82, 2.24) is 20.8 Å². The third-order valence-corrected chi connectivity index (χ3v) is 4.99. The number of primary amides is 1. The largest absolute Gasteiger partial charge is 0.481 e. The Hall–Kier alpha value is -4.29. The molecule has 35 heavy (non-hydrogen) atoms. The summed E-state index contributed by atoms with van der Waals surface area (Å²) < 4.78 is 4.94. The molecule has 0 bridgehead atoms. The van der Waals surface area contributed by atoms with E-state index in [1.165, 1.54) is 0 Å². The van der Waals surface area contributed by atoms with Crippen molar-refractivity contribution in [3.05, 3.63) is 35.7 Å². The highest BCUT2D eigenvalue weighted by Gasteiger charge is 2.26. The lowest BCUT2D eigenvalue weighted by molar-refractivity contribution is -0.139. The molecular weight excluding hydrogens is 462 g/mol. The summed E-state index contributed by atoms with van der Waals surface area (Å²) in [5.74, 6) is -3.75. The monoisotopic (exact) mass is 489 g/mol. The van der Waals surface area contributed by atoms with Crippen molar-refractivity contribution in [2.24, 2.45) is 5.73 Å². The number of carboxylic acid groups (broad SMARTS) is 2. The molecule has 13 heteroatoms. The molecule has 1 aromatic heterocycles. The number of nitrogens with zero attached hydrogens (tertiary/aromatic N) is 2. The van der Waals surface area contributed by atoms with E-state index in [4.69, 9.17) is 20.5 Å². The van der Waals surface area contributed by atoms with Gasteiger partial charge >= 0.3 is 11.9 Å². The third kappa shape index (κ3) is 9.23. The average molecular weight is 489 g/mol. The molecule has 6 N–H and O–H groups in total. The van der Waals surface area contributed by atoms with Crippen LogP contribution < -0.4 is 16.4 Å². The smallest absolute Gasteiger partial charge is 0.303 e. The molecule has 0 aliphatic carbocycles. The fourth-order valence-corrected chi connectivity index (χ4v) is 3.12. The van der Waals surface area contributed by atoms with Crippen molar-refractivity contribution < 1.29 is 38.7 Å². The highest BCUT2D eigenvalue weighted by molar-refractivity contribution is 5.92. The lowest BCUT2D eigenvalue weighted by atomic mass is 10.1. The van der Waals surface area contributed by atoms with Crippen LogP contribution in [-0.2, 0) is 30.4 Å². The molecule has 2 unspecified atom stereocenters. The van der Waals surface area contributed by atoms with Crippen LogP contribution in [0, 0.1) is 6.92 Å². The second-order valence-corrected chi connectivity index (χ2v) is 7.78. The zero-order chi connectivity index (χ0) is 26.0. The molecule has 0 aliphatic rings. The summed E-state index contributed by atoms with van der Waals surface area (Å²) in [5.41, 5.74) is 6.79. The maximum absolute atomic E-state index is 12.6. The van der Waals surface area contributed by atoms with Gasteiger partial charge in [0.1, 0.15) is 12.1 Å². The number of aromatic nitrogens is 2. The maximum Gasteiger partial charge on any atom is 0.303 e. The number of hydrogen-bond donors (Lipinski definition) is 5. The molecule has 0 spiro atoms. The Bertz CT molecular complexity index is 1070. The van der Waals surface area contributed by atoms with E-state index < -0.39 is 54.6 Å². The highest BCUT2D eigenvalue weighted by Crippen LogP contribution is 2.17. The number of aryl methyl sites for hydroxylation is 2. The molecule has 2 atom stereocenters. The van der Waals surface area contributed by atoms with Gasteiger partial charge in [-0.1, -0.05) is 29.4 Å². The van der Waals surface area contributed by atoms with Gasteiger partial charge < -0.3 is 31.1 Å². The van der Waals surface area contributed by atoms with Crippen LogP contribution in [0.15, 0.2) is 28.8 Å². The van der Waals surface area contributed by atoms with Crippen molar-refractivity contribution in [3.63, 3.8) is 0 Å². The summed E-state index contributed by atoms with van der Waals surface area (Å²) in [5, 5.41) is 26.3. The molecule has 0 saturated carbocycles. The fraction of sp³-hybridized carbons (Fsp3) is 0.409. The van der Waals surface area contributed by atoms with Gasteiger partial charge in [-0.15, -0.1) is 0 Å². The van der Waals surface area contributed by atoms with E-state index in [0.717, 1.165) is 11.1 Å². The molecule has 0 saturated heterocycles. The minimum Gasteiger partial charge on any atom is -0.481 e. The van der Waals surface area contributed by atoms with E-state index >= 15 is 0 Å². The Morgan fingerprint density at radius 3 is 2.06 bits per heavy atom. The first-order chi connectivity index (χ1) is 16.5. The summed E-state index contributed by atoms with van der Waals surface area (Å²) in [4.78, 5) is 62.5. The first-order valence-electron chi connectivity index (χ1n) is 10.8. The maximum atomic E-state index is 12.6. The Morgan fingerprint density at radius 1 is 0.943 bits per heavy atom. The van der Waals surface area contributed by atoms with Crippen molar-refractivity contribution in [2.75, 3.05) is 0 Å². The SMILES string of the molecule is Cc1nc(-c2ccc(CCC(=O)NC(CCC(=O)O)C(=O)NC(CCC(=O)O)C(N)=O)cc2)no1. The molecule has 188 valence electrons. The van der Waals surface area contributed by atoms with Crippen LogP contribution in [0.4, 0.5) is 0 Å². The predicted octanol–water partition coefficient (Wildman–Crippen LogP) is 0.162. The number of hydrogen-bond acceptors (Lipinski definition) is 8. The molecule has 1 aromatic carbocycles. The van der Waals surface area contributed by atoms with E-state index in [9.17, 15) is 24.0 Å². The van der Waals surface area contributed by atoms with E-state index in [1.807, 2.05) is 0 Å². The quantitative estimate of drug-likeness (QED) is 0.242. The number of aliphatic carboxylic acids is 2. The summed E-state index contributed by atoms with van der Waals surface area (Å²) in [6, 6.07) is 4.63. The molecule has 3 amide bonds. The van der Waals surface area contributed by atoms with Crippen LogP contribution in [0.1, 0.15) is 43.6 Å². The van der Waals surface area contributed by atoms with Gasteiger partial charge in [0.15, 0.2) is 0 Å². The Labute approximate surface area is 200 Å². The summed E-state index contributed by atoms with van der Waals surface area (Å²) in [6.07, 6.45) is -0.939. The minimum atomic E-state index is -1.27. The molecule has 0 aliphatic heterocycles. The van der Waals surface area contributed by atoms with Gasteiger partial charge in [-0.25, -0.2) is 0 Å². The van der Waals surface area contributed by atoms with Gasteiger partial charge in [-0.3, -0.25) is 24.0 Å². The number of benzene rings is 1. The second kappa shape index (κ2) is 12.8. The zero-order valence-corrected chi connectivity index (χ0v) is 19.0. The Morgan fingerprint density at radius 2 is 1.54 bits per heavy atom. The topological polar surface area (TPSA) is 215 Å². The van der Waals surface area contributed by atoms with Crippen LogP contribution >= 0.6 is 0 Å². The molecule has 13 nitrogen and oxygen atoms in total. The lowest BCUT2D eigenvalue weighted by Gasteiger charge is -2.21. The Kier molecular flexibility index (Phi) is 9.87. The van der Waals surface area contributed by atoms with Crippen LogP contribution in [0.2, 0.25) is 0 Å². The first kappa shape index (κ1) is 27.0. The van der Waals surface area contributed by atoms with E-state index in [0.29, 0.717) is 18.1 Å². The van der Waals surface area contributed by atoms with Gasteiger partial charge in [-0.05, 0) is 24.8 Å². The number of amides is 3. The van der Waals surface area contributed by atoms with Gasteiger partial charge in [0.25, 0.3) is 0 Å². The van der Waals surface area contributed by atoms with E-state index in [2.05, 4.69) is 20.8 Å². The second-order valence-electron chi connectivity index (χ2n) is 7.78. The van der Waals surface area contributed by atoms with Crippen LogP contribution in [-0.4, -0.2) is 62.1 Å². The molecule has 1 heterocycles. The summed E-state index contributed by atoms with van der Waals surface area (Å²) in [6.45, 7) is 1.68. The van der Waals surface area contributed by atoms with Crippen LogP contribution in [0.3, 0.4) is 0 Å². The highest BCUT2D eigenvalue weighted by atomic mass is 16.5. The molecule has 2 aromatic rings. The van der Waals surface area contributed by atoms with Crippen molar-refractivity contribution >= 4 is 29.7 Å². The molecule has 0 fully saturated rings. The van der Waals surface area contributed by atoms with Gasteiger partial charge in [-0.2, -0.15) is 4.98 Å². The van der Waals surface area contributed by atoms with Crippen LogP contribution in [0.5, 0.6) is 0 Å². The third-order valence-electron chi connectivity index (χ3n) is 4.99. The normalized spacial score (nSPS) is 12.4. The van der Waals surface area contributed by atoms with Crippen molar-refractivity contribution in [1.29, 1.82) is 0 Å². The first-order valence-corrected chi connectivity index (χ1v) is 10.8. The van der Waals surface area contributed by atoms with Crippen molar-refractivity contribution in [2.45, 2.75) is 57.5 Å². The zero-order valence-electron chi connectivity index (χ0n) is 19.0. The summed E-state index contributed by atoms with van der Waals surface area (Å²) >= 11 is 0. The lowest BCUT2D eigenvalue weighted by Crippen LogP contribution is -2.53. The number of nitrogens with one attached hydrogen (secondary N) is 2. The number of carbonyl (C=O) groups is 5. The number of nitrogens with two attached hydrogens (primary N) is 1. The Balaban J connectivity index is 1.96. The number of rotatable bonds is 14. The molecule has 2 rings (SSSR count). The standard InChI is InChI=1S/C22H27N5O8/c1-12-24-21(27-35-12)14-5-2-13(3-6-14)4-9-17(28)25-16(8-11-19(31)32)22(34)26-15(20(23)33)7-10-18(29)30/h2-3,5-6,15-16H,4,7-11H2,1H3,(H2,23,33)(H,25,28)(H,26,34)(H,29,30)(H,31,32). The van der Waals surface area contributed by atoms with Crippen molar-refractivity contribution in [3.8, 4) is 11.4 Å². The number of carbonyl (C=O) groups excluding carboxylic acids is 3. The summed E-state index contributed by atoms with van der Waals surface area (Å²) in [7, 11) is 0. The van der Waals surface area contributed by atoms with Gasteiger partial charge in [0.2, 0.25) is 29.4 Å². The predicted molar refractivity (Wildman–Crippen MR) is 120 cm³/mol. The fourth-order valence-electron chi connectivity index (χ4n) is 3.12. The minimum absolute atomic E-state index is 0.00970. The van der Waals surface area contributed by atoms with E-state index in [-0.39, 0.29) is 19.3 Å². The average Bonchev–Trinajstić information content (AvgIpc) is 3.23. The van der Waals surface area contributed by atoms with Gasteiger partial charge in [0.05, 0.1) is 0 Å². The number of carboxylic acids is 2. The molecule has 0 radical (unpaired) electrons. The van der Waals surface area contributed by atoms with Gasteiger partial charge in [0, 0.05) is 31.7 Å². The molecular formula is C22H27N5O8. The van der Waals surface area contributed by atoms with Crippen LogP contribution in [0.25, 0.3) is 11.4 Å². The van der Waals surface area contributed by atoms with E-state index in [1.54, 1.807) is 31.2 Å².